The molecular formula is C18H29N3O2. The smallest absolute Gasteiger partial charge is 0.270 e. The lowest BCUT2D eigenvalue weighted by Crippen LogP contribution is -2.40. The summed E-state index contributed by atoms with van der Waals surface area (Å²) < 4.78 is 0. The highest BCUT2D eigenvalue weighted by molar-refractivity contribution is 6.02. The number of hydrogen-bond acceptors (Lipinski definition) is 3. The highest BCUT2D eigenvalue weighted by atomic mass is 16.2. The fourth-order valence-electron chi connectivity index (χ4n) is 3.62. The molecule has 128 valence electrons. The summed E-state index contributed by atoms with van der Waals surface area (Å²) in [5, 5.41) is 3.22. The van der Waals surface area contributed by atoms with Gasteiger partial charge in [-0.15, -0.1) is 0 Å². The van der Waals surface area contributed by atoms with Gasteiger partial charge in [0.25, 0.3) is 5.91 Å². The number of rotatable bonds is 6. The summed E-state index contributed by atoms with van der Waals surface area (Å²) in [6, 6.07) is 0. The van der Waals surface area contributed by atoms with Crippen molar-refractivity contribution in [3.05, 3.63) is 22.5 Å². The number of H-pyrrole nitrogens is 1. The van der Waals surface area contributed by atoms with E-state index in [0.717, 1.165) is 56.6 Å². The third kappa shape index (κ3) is 3.83. The van der Waals surface area contributed by atoms with Gasteiger partial charge in [0.1, 0.15) is 5.69 Å². The SMILES string of the molecule is CCCc1c(C(=O)N2CCC(CNC)CC2)[nH]c(C)c1C(C)=O. The maximum atomic E-state index is 12.9. The van der Waals surface area contributed by atoms with E-state index in [2.05, 4.69) is 17.2 Å². The molecule has 1 saturated heterocycles. The largest absolute Gasteiger partial charge is 0.354 e. The molecule has 1 amide bonds. The maximum Gasteiger partial charge on any atom is 0.270 e. The lowest BCUT2D eigenvalue weighted by atomic mass is 9.96. The quantitative estimate of drug-likeness (QED) is 0.792. The molecule has 0 aliphatic carbocycles. The van der Waals surface area contributed by atoms with Crippen molar-refractivity contribution in [1.82, 2.24) is 15.2 Å². The summed E-state index contributed by atoms with van der Waals surface area (Å²) in [5.74, 6) is 0.734. The lowest BCUT2D eigenvalue weighted by Gasteiger charge is -2.32. The number of carbonyl (C=O) groups excluding carboxylic acids is 2. The Hall–Kier alpha value is -1.62. The van der Waals surface area contributed by atoms with E-state index in [1.165, 1.54) is 0 Å². The topological polar surface area (TPSA) is 65.2 Å². The van der Waals surface area contributed by atoms with Crippen LogP contribution < -0.4 is 5.32 Å². The van der Waals surface area contributed by atoms with E-state index < -0.39 is 0 Å². The Bertz CT molecular complexity index is 569. The van der Waals surface area contributed by atoms with Gasteiger partial charge in [-0.25, -0.2) is 0 Å². The zero-order chi connectivity index (χ0) is 17.0. The molecular weight excluding hydrogens is 290 g/mol. The predicted molar refractivity (Wildman–Crippen MR) is 92.1 cm³/mol. The minimum absolute atomic E-state index is 0.0361. The van der Waals surface area contributed by atoms with Crippen LogP contribution in [0, 0.1) is 12.8 Å². The molecule has 2 heterocycles. The van der Waals surface area contributed by atoms with Crippen LogP contribution in [0.25, 0.3) is 0 Å². The molecule has 0 spiro atoms. The van der Waals surface area contributed by atoms with Crippen LogP contribution in [0.1, 0.15) is 65.2 Å². The Morgan fingerprint density at radius 1 is 1.30 bits per heavy atom. The molecule has 1 aromatic heterocycles. The second kappa shape index (κ2) is 7.77. The summed E-state index contributed by atoms with van der Waals surface area (Å²) in [6.45, 7) is 8.13. The van der Waals surface area contributed by atoms with E-state index in [4.69, 9.17) is 0 Å². The van der Waals surface area contributed by atoms with Crippen LogP contribution in [-0.4, -0.2) is 48.3 Å². The Morgan fingerprint density at radius 3 is 2.48 bits per heavy atom. The van der Waals surface area contributed by atoms with E-state index in [1.54, 1.807) is 6.92 Å². The van der Waals surface area contributed by atoms with Crippen molar-refractivity contribution in [1.29, 1.82) is 0 Å². The van der Waals surface area contributed by atoms with Gasteiger partial charge in [-0.1, -0.05) is 13.3 Å². The second-order valence-corrected chi connectivity index (χ2v) is 6.58. The summed E-state index contributed by atoms with van der Waals surface area (Å²) in [6.07, 6.45) is 3.75. The molecule has 1 aliphatic heterocycles. The van der Waals surface area contributed by atoms with Crippen molar-refractivity contribution in [2.45, 2.75) is 46.5 Å². The molecule has 0 radical (unpaired) electrons. The number of piperidine rings is 1. The Morgan fingerprint density at radius 2 is 1.96 bits per heavy atom. The molecule has 0 atom stereocenters. The fraction of sp³-hybridized carbons (Fsp3) is 0.667. The summed E-state index contributed by atoms with van der Waals surface area (Å²) in [7, 11) is 1.97. The van der Waals surface area contributed by atoms with E-state index in [9.17, 15) is 9.59 Å². The summed E-state index contributed by atoms with van der Waals surface area (Å²) in [5.41, 5.74) is 3.05. The molecule has 0 aromatic carbocycles. The molecule has 1 fully saturated rings. The number of carbonyl (C=O) groups is 2. The average molecular weight is 319 g/mol. The average Bonchev–Trinajstić information content (AvgIpc) is 2.85. The van der Waals surface area contributed by atoms with E-state index in [1.807, 2.05) is 18.9 Å². The fourth-order valence-corrected chi connectivity index (χ4v) is 3.62. The molecule has 0 saturated carbocycles. The molecule has 1 aliphatic rings. The van der Waals surface area contributed by atoms with Crippen molar-refractivity contribution in [2.75, 3.05) is 26.7 Å². The van der Waals surface area contributed by atoms with E-state index >= 15 is 0 Å². The number of Topliss-reactive ketones (excluding diaryl/α,β-unsaturated/α-hetero) is 1. The van der Waals surface area contributed by atoms with Crippen molar-refractivity contribution in [3.63, 3.8) is 0 Å². The standard InChI is InChI=1S/C18H29N3O2/c1-5-6-15-16(13(3)22)12(2)20-17(15)18(23)21-9-7-14(8-10-21)11-19-4/h14,19-20H,5-11H2,1-4H3. The number of nitrogens with one attached hydrogen (secondary N) is 2. The van der Waals surface area contributed by atoms with Crippen LogP contribution in [0.5, 0.6) is 0 Å². The number of hydrogen-bond donors (Lipinski definition) is 2. The minimum atomic E-state index is 0.0361. The van der Waals surface area contributed by atoms with Gasteiger partial charge in [-0.05, 0) is 58.2 Å². The van der Waals surface area contributed by atoms with Gasteiger partial charge < -0.3 is 15.2 Å². The summed E-state index contributed by atoms with van der Waals surface area (Å²) >= 11 is 0. The van der Waals surface area contributed by atoms with Crippen molar-refractivity contribution in [3.8, 4) is 0 Å². The Kier molecular flexibility index (Phi) is 5.99. The predicted octanol–water partition coefficient (Wildman–Crippen LogP) is 2.55. The molecule has 1 aromatic rings. The van der Waals surface area contributed by atoms with Gasteiger partial charge in [0.15, 0.2) is 5.78 Å². The van der Waals surface area contributed by atoms with E-state index in [0.29, 0.717) is 17.2 Å². The monoisotopic (exact) mass is 319 g/mol. The number of aromatic amines is 1. The molecule has 0 bridgehead atoms. The van der Waals surface area contributed by atoms with Crippen LogP contribution in [0.15, 0.2) is 0 Å². The number of aromatic nitrogens is 1. The van der Waals surface area contributed by atoms with Gasteiger partial charge >= 0.3 is 0 Å². The zero-order valence-electron chi connectivity index (χ0n) is 14.8. The van der Waals surface area contributed by atoms with Crippen LogP contribution >= 0.6 is 0 Å². The van der Waals surface area contributed by atoms with Gasteiger partial charge in [0, 0.05) is 24.3 Å². The first-order chi connectivity index (χ1) is 11.0. The molecule has 0 unspecified atom stereocenters. The number of ketones is 1. The second-order valence-electron chi connectivity index (χ2n) is 6.58. The van der Waals surface area contributed by atoms with Gasteiger partial charge in [0.05, 0.1) is 0 Å². The third-order valence-corrected chi connectivity index (χ3v) is 4.75. The third-order valence-electron chi connectivity index (χ3n) is 4.75. The first-order valence-electron chi connectivity index (χ1n) is 8.65. The summed E-state index contributed by atoms with van der Waals surface area (Å²) in [4.78, 5) is 30.0. The maximum absolute atomic E-state index is 12.9. The molecule has 23 heavy (non-hydrogen) atoms. The van der Waals surface area contributed by atoms with Crippen LogP contribution in [0.4, 0.5) is 0 Å². The number of likely N-dealkylation sites (tertiary alicyclic amines) is 1. The number of amides is 1. The normalized spacial score (nSPS) is 15.9. The van der Waals surface area contributed by atoms with Crippen LogP contribution in [0.3, 0.4) is 0 Å². The lowest BCUT2D eigenvalue weighted by molar-refractivity contribution is 0.0684. The van der Waals surface area contributed by atoms with Gasteiger partial charge in [-0.2, -0.15) is 0 Å². The number of nitrogens with zero attached hydrogens (tertiary/aromatic N) is 1. The zero-order valence-corrected chi connectivity index (χ0v) is 14.8. The molecule has 2 rings (SSSR count). The van der Waals surface area contributed by atoms with Gasteiger partial charge in [0.2, 0.25) is 0 Å². The molecule has 5 heteroatoms. The first kappa shape index (κ1) is 17.7. The van der Waals surface area contributed by atoms with Crippen molar-refractivity contribution in [2.24, 2.45) is 5.92 Å². The van der Waals surface area contributed by atoms with Crippen LogP contribution in [-0.2, 0) is 6.42 Å². The highest BCUT2D eigenvalue weighted by Gasteiger charge is 2.28. The molecule has 2 N–H and O–H groups in total. The van der Waals surface area contributed by atoms with Crippen molar-refractivity contribution < 1.29 is 9.59 Å². The first-order valence-corrected chi connectivity index (χ1v) is 8.65. The van der Waals surface area contributed by atoms with Gasteiger partial charge in [-0.3, -0.25) is 9.59 Å². The molecule has 5 nitrogen and oxygen atoms in total. The highest BCUT2D eigenvalue weighted by Crippen LogP contribution is 2.25. The minimum Gasteiger partial charge on any atom is -0.354 e. The van der Waals surface area contributed by atoms with Crippen molar-refractivity contribution >= 4 is 11.7 Å². The number of aryl methyl sites for hydroxylation is 1. The van der Waals surface area contributed by atoms with E-state index in [-0.39, 0.29) is 11.7 Å². The Balaban J connectivity index is 2.20. The van der Waals surface area contributed by atoms with Crippen LogP contribution in [0.2, 0.25) is 0 Å². The Labute approximate surface area is 138 Å².